The van der Waals surface area contributed by atoms with E-state index in [4.69, 9.17) is 10.5 Å². The lowest BCUT2D eigenvalue weighted by Gasteiger charge is -2.22. The number of aromatic hydroxyl groups is 2. The highest BCUT2D eigenvalue weighted by Gasteiger charge is 2.21. The van der Waals surface area contributed by atoms with Crippen molar-refractivity contribution in [3.63, 3.8) is 0 Å². The van der Waals surface area contributed by atoms with E-state index in [2.05, 4.69) is 28.2 Å². The van der Waals surface area contributed by atoms with Crippen LogP contribution in [0.15, 0.2) is 36.7 Å². The van der Waals surface area contributed by atoms with Gasteiger partial charge in [-0.25, -0.2) is 4.98 Å². The van der Waals surface area contributed by atoms with Crippen LogP contribution in [0.25, 0.3) is 11.0 Å². The van der Waals surface area contributed by atoms with Crippen molar-refractivity contribution in [2.45, 2.75) is 70.3 Å². The number of nitrogens with two attached hydrogens (primary N) is 1. The van der Waals surface area contributed by atoms with E-state index in [9.17, 15) is 15.3 Å². The molecule has 7 heteroatoms. The summed E-state index contributed by atoms with van der Waals surface area (Å²) in [4.78, 5) is 7.54. The Balaban J connectivity index is 0.000000212. The Hall–Kier alpha value is -2.61. The predicted molar refractivity (Wildman–Crippen MR) is 135 cm³/mol. The van der Waals surface area contributed by atoms with Gasteiger partial charge in [0.2, 0.25) is 0 Å². The van der Waals surface area contributed by atoms with E-state index in [-0.39, 0.29) is 11.5 Å². The molecule has 6 N–H and O–H groups in total. The van der Waals surface area contributed by atoms with Crippen LogP contribution in [0.2, 0.25) is 0 Å². The average Bonchev–Trinajstić information content (AvgIpc) is 3.33. The molecule has 1 aromatic heterocycles. The molecule has 4 rings (SSSR count). The van der Waals surface area contributed by atoms with Crippen molar-refractivity contribution in [1.29, 1.82) is 0 Å². The highest BCUT2D eigenvalue weighted by molar-refractivity contribution is 5.78. The maximum absolute atomic E-state index is 9.58. The average molecular weight is 470 g/mol. The third-order valence-corrected chi connectivity index (χ3v) is 6.32. The molecule has 1 unspecified atom stereocenters. The van der Waals surface area contributed by atoms with E-state index in [1.54, 1.807) is 12.4 Å². The molecule has 34 heavy (non-hydrogen) atoms. The number of hydrogen-bond donors (Lipinski definition) is 5. The number of hydrogen-bond acceptors (Lipinski definition) is 6. The first-order valence-electron chi connectivity index (χ1n) is 12.5. The third-order valence-electron chi connectivity index (χ3n) is 6.32. The minimum absolute atomic E-state index is 0.0729. The number of rotatable bonds is 11. The molecule has 0 radical (unpaired) electrons. The number of benzene rings is 2. The van der Waals surface area contributed by atoms with Gasteiger partial charge in [0, 0.05) is 18.8 Å². The van der Waals surface area contributed by atoms with Gasteiger partial charge in [-0.15, -0.1) is 0 Å². The molecule has 0 fully saturated rings. The summed E-state index contributed by atoms with van der Waals surface area (Å²) in [5.74, 6) is -0.177. The highest BCUT2D eigenvalue weighted by atomic mass is 16.5. The summed E-state index contributed by atoms with van der Waals surface area (Å²) in [7, 11) is 0. The van der Waals surface area contributed by atoms with E-state index in [0.29, 0.717) is 5.56 Å². The van der Waals surface area contributed by atoms with Gasteiger partial charge in [-0.2, -0.15) is 0 Å². The van der Waals surface area contributed by atoms with Gasteiger partial charge < -0.3 is 30.8 Å². The van der Waals surface area contributed by atoms with E-state index in [1.165, 1.54) is 24.5 Å². The molecule has 1 atom stereocenters. The molecule has 0 aliphatic heterocycles. The van der Waals surface area contributed by atoms with Gasteiger partial charge in [0.1, 0.15) is 0 Å². The Morgan fingerprint density at radius 1 is 1.00 bits per heavy atom. The largest absolute Gasteiger partial charge is 0.504 e. The fraction of sp³-hybridized carbons (Fsp3) is 0.519. The molecule has 0 saturated heterocycles. The zero-order valence-corrected chi connectivity index (χ0v) is 20.0. The number of H-pyrrole nitrogens is 1. The van der Waals surface area contributed by atoms with Crippen molar-refractivity contribution in [3.8, 4) is 11.5 Å². The van der Waals surface area contributed by atoms with Crippen molar-refractivity contribution in [3.05, 3.63) is 53.3 Å². The Morgan fingerprint density at radius 2 is 1.79 bits per heavy atom. The summed E-state index contributed by atoms with van der Waals surface area (Å²) in [6, 6.07) is 9.42. The number of aromatic nitrogens is 2. The number of para-hydroxylation sites is 1. The molecule has 0 bridgehead atoms. The maximum atomic E-state index is 9.58. The van der Waals surface area contributed by atoms with Gasteiger partial charge in [-0.05, 0) is 81.2 Å². The molecular weight excluding hydrogens is 430 g/mol. The van der Waals surface area contributed by atoms with Crippen LogP contribution < -0.4 is 5.73 Å². The molecule has 1 aliphatic carbocycles. The predicted octanol–water partition coefficient (Wildman–Crippen LogP) is 4.89. The number of imidazole rings is 1. The number of aryl methyl sites for hydroxylation is 1. The molecule has 186 valence electrons. The van der Waals surface area contributed by atoms with Crippen LogP contribution in [0.1, 0.15) is 74.2 Å². The summed E-state index contributed by atoms with van der Waals surface area (Å²) in [5.41, 5.74) is 10.5. The molecule has 0 saturated carbocycles. The Kier molecular flexibility index (Phi) is 10.7. The molecule has 3 aromatic rings. The monoisotopic (exact) mass is 469 g/mol. The number of unbranched alkanes of at least 4 members (excludes halogenated alkanes) is 4. The summed E-state index contributed by atoms with van der Waals surface area (Å²) >= 11 is 0. The van der Waals surface area contributed by atoms with Crippen LogP contribution >= 0.6 is 0 Å². The first kappa shape index (κ1) is 26.0. The van der Waals surface area contributed by atoms with Gasteiger partial charge in [-0.1, -0.05) is 31.0 Å². The van der Waals surface area contributed by atoms with Crippen LogP contribution in [0.5, 0.6) is 11.5 Å². The van der Waals surface area contributed by atoms with E-state index >= 15 is 0 Å². The Labute approximate surface area is 202 Å². The quantitative estimate of drug-likeness (QED) is 0.201. The lowest BCUT2D eigenvalue weighted by Crippen LogP contribution is -2.08. The van der Waals surface area contributed by atoms with E-state index < -0.39 is 6.10 Å². The number of aliphatic hydroxyl groups excluding tert-OH is 1. The van der Waals surface area contributed by atoms with E-state index in [0.717, 1.165) is 87.7 Å². The first-order valence-corrected chi connectivity index (χ1v) is 12.5. The second kappa shape index (κ2) is 13.9. The molecule has 0 amide bonds. The zero-order valence-electron chi connectivity index (χ0n) is 20.0. The SMILES string of the molecule is NCCCCCCOCCCCc1cccc2[nH]cnc12.Oc1ccc2c(c1O)CCCC2O. The van der Waals surface area contributed by atoms with Crippen molar-refractivity contribution >= 4 is 11.0 Å². The van der Waals surface area contributed by atoms with Crippen LogP contribution in [0, 0.1) is 0 Å². The summed E-state index contributed by atoms with van der Waals surface area (Å²) < 4.78 is 5.67. The summed E-state index contributed by atoms with van der Waals surface area (Å²) in [6.07, 6.45) is 11.7. The van der Waals surface area contributed by atoms with Crippen LogP contribution in [-0.2, 0) is 17.6 Å². The molecule has 1 heterocycles. The van der Waals surface area contributed by atoms with Crippen LogP contribution in [0.4, 0.5) is 0 Å². The second-order valence-corrected chi connectivity index (χ2v) is 8.90. The molecule has 1 aliphatic rings. The normalized spacial score (nSPS) is 15.1. The molecular formula is C27H39N3O4. The number of fused-ring (bicyclic) bond motifs is 2. The lowest BCUT2D eigenvalue weighted by molar-refractivity contribution is 0.126. The lowest BCUT2D eigenvalue weighted by atomic mass is 9.88. The number of phenolic OH excluding ortho intramolecular Hbond substituents is 2. The number of nitrogens with one attached hydrogen (secondary N) is 1. The number of nitrogens with zero attached hydrogens (tertiary/aromatic N) is 1. The standard InChI is InChI=1S/C17H27N3O.C10H12O3/c18-11-4-1-2-5-12-21-13-6-3-8-15-9-7-10-16-17(15)20-14-19-16;11-8-3-1-2-7-6(8)4-5-9(12)10(7)13/h7,9-10,14H,1-6,8,11-13,18H2,(H,19,20);4-5,8,11-13H,1-3H2. The van der Waals surface area contributed by atoms with Gasteiger partial charge >= 0.3 is 0 Å². The Bertz CT molecular complexity index is 1000. The van der Waals surface area contributed by atoms with Crippen molar-refractivity contribution in [2.75, 3.05) is 19.8 Å². The smallest absolute Gasteiger partial charge is 0.161 e. The summed E-state index contributed by atoms with van der Waals surface area (Å²) in [5, 5.41) is 28.3. The second-order valence-electron chi connectivity index (χ2n) is 8.90. The van der Waals surface area contributed by atoms with Crippen molar-refractivity contribution in [2.24, 2.45) is 5.73 Å². The van der Waals surface area contributed by atoms with Crippen LogP contribution in [0.3, 0.4) is 0 Å². The van der Waals surface area contributed by atoms with Gasteiger partial charge in [0.25, 0.3) is 0 Å². The topological polar surface area (TPSA) is 125 Å². The van der Waals surface area contributed by atoms with Gasteiger partial charge in [0.15, 0.2) is 11.5 Å². The fourth-order valence-corrected chi connectivity index (χ4v) is 4.39. The minimum atomic E-state index is -0.491. The molecule has 0 spiro atoms. The van der Waals surface area contributed by atoms with Crippen molar-refractivity contribution < 1.29 is 20.1 Å². The maximum Gasteiger partial charge on any atom is 0.161 e. The number of aromatic amines is 1. The molecule has 2 aromatic carbocycles. The fourth-order valence-electron chi connectivity index (χ4n) is 4.39. The number of phenols is 2. The van der Waals surface area contributed by atoms with Gasteiger partial charge in [-0.3, -0.25) is 0 Å². The van der Waals surface area contributed by atoms with Crippen molar-refractivity contribution in [1.82, 2.24) is 9.97 Å². The van der Waals surface area contributed by atoms with Gasteiger partial charge in [0.05, 0.1) is 23.5 Å². The van der Waals surface area contributed by atoms with E-state index in [1.807, 2.05) is 0 Å². The summed E-state index contributed by atoms with van der Waals surface area (Å²) in [6.45, 7) is 2.57. The minimum Gasteiger partial charge on any atom is -0.504 e. The Morgan fingerprint density at radius 3 is 2.62 bits per heavy atom. The highest BCUT2D eigenvalue weighted by Crippen LogP contribution is 2.39. The first-order chi connectivity index (χ1) is 16.6. The number of aliphatic hydroxyl groups is 1. The third kappa shape index (κ3) is 7.45. The van der Waals surface area contributed by atoms with Crippen LogP contribution in [-0.4, -0.2) is 45.0 Å². The number of ether oxygens (including phenoxy) is 1. The zero-order chi connectivity index (χ0) is 24.2. The molecule has 7 nitrogen and oxygen atoms in total.